The van der Waals surface area contributed by atoms with Crippen LogP contribution in [0.25, 0.3) is 5.52 Å². The number of sulfonamides is 1. The highest BCUT2D eigenvalue weighted by Gasteiger charge is 2.38. The summed E-state index contributed by atoms with van der Waals surface area (Å²) in [6.45, 7) is 1.57. The van der Waals surface area contributed by atoms with Crippen LogP contribution in [-0.2, 0) is 10.0 Å². The van der Waals surface area contributed by atoms with Crippen molar-refractivity contribution in [1.29, 1.82) is 0 Å². The lowest BCUT2D eigenvalue weighted by molar-refractivity contribution is 0.464. The van der Waals surface area contributed by atoms with Crippen LogP contribution in [0.4, 0.5) is 5.82 Å². The van der Waals surface area contributed by atoms with Gasteiger partial charge in [-0.05, 0) is 44.6 Å². The van der Waals surface area contributed by atoms with Gasteiger partial charge < -0.3 is 4.90 Å². The number of aromatic nitrogens is 3. The zero-order valence-electron chi connectivity index (χ0n) is 14.1. The SMILES string of the molecule is O=S(=O)(NC1CCCN(c2nccn3nc(C4CC4)cc23)C1)C1CC1. The molecule has 1 atom stereocenters. The van der Waals surface area contributed by atoms with Crippen LogP contribution in [0.1, 0.15) is 50.1 Å². The molecule has 2 saturated carbocycles. The highest BCUT2D eigenvalue weighted by atomic mass is 32.2. The summed E-state index contributed by atoms with van der Waals surface area (Å²) in [5.41, 5.74) is 2.17. The molecule has 0 bridgehead atoms. The van der Waals surface area contributed by atoms with Crippen molar-refractivity contribution in [2.75, 3.05) is 18.0 Å². The summed E-state index contributed by atoms with van der Waals surface area (Å²) in [5, 5.41) is 4.51. The van der Waals surface area contributed by atoms with Gasteiger partial charge in [0.1, 0.15) is 5.52 Å². The van der Waals surface area contributed by atoms with Crippen molar-refractivity contribution in [2.24, 2.45) is 0 Å². The highest BCUT2D eigenvalue weighted by molar-refractivity contribution is 7.90. The van der Waals surface area contributed by atoms with Gasteiger partial charge in [-0.1, -0.05) is 0 Å². The Balaban J connectivity index is 1.39. The summed E-state index contributed by atoms with van der Waals surface area (Å²) >= 11 is 0. The summed E-state index contributed by atoms with van der Waals surface area (Å²) in [5.74, 6) is 1.52. The number of hydrogen-bond acceptors (Lipinski definition) is 5. The van der Waals surface area contributed by atoms with E-state index in [9.17, 15) is 8.42 Å². The van der Waals surface area contributed by atoms with Crippen LogP contribution in [0.15, 0.2) is 18.5 Å². The summed E-state index contributed by atoms with van der Waals surface area (Å²) in [4.78, 5) is 6.80. The molecule has 3 aliphatic rings. The molecule has 3 fully saturated rings. The van der Waals surface area contributed by atoms with Gasteiger partial charge in [-0.3, -0.25) is 0 Å². The van der Waals surface area contributed by atoms with E-state index in [4.69, 9.17) is 0 Å². The molecule has 0 amide bonds. The van der Waals surface area contributed by atoms with Gasteiger partial charge in [0.05, 0.1) is 10.9 Å². The van der Waals surface area contributed by atoms with E-state index in [1.807, 2.05) is 10.7 Å². The third-order valence-corrected chi connectivity index (χ3v) is 7.41. The summed E-state index contributed by atoms with van der Waals surface area (Å²) in [7, 11) is -3.15. The van der Waals surface area contributed by atoms with Crippen LogP contribution in [0.3, 0.4) is 0 Å². The second kappa shape index (κ2) is 5.67. The first-order valence-corrected chi connectivity index (χ1v) is 10.8. The second-order valence-electron chi connectivity index (χ2n) is 7.57. The maximum Gasteiger partial charge on any atom is 0.214 e. The van der Waals surface area contributed by atoms with E-state index >= 15 is 0 Å². The third-order valence-electron chi connectivity index (χ3n) is 5.40. The van der Waals surface area contributed by atoms with Crippen molar-refractivity contribution >= 4 is 21.4 Å². The van der Waals surface area contributed by atoms with Crippen molar-refractivity contribution in [2.45, 2.75) is 55.7 Å². The lowest BCUT2D eigenvalue weighted by atomic mass is 10.1. The van der Waals surface area contributed by atoms with E-state index < -0.39 is 10.0 Å². The van der Waals surface area contributed by atoms with Gasteiger partial charge in [-0.25, -0.2) is 22.6 Å². The topological polar surface area (TPSA) is 79.6 Å². The van der Waals surface area contributed by atoms with Crippen molar-refractivity contribution in [1.82, 2.24) is 19.3 Å². The Labute approximate surface area is 147 Å². The lowest BCUT2D eigenvalue weighted by Gasteiger charge is -2.34. The second-order valence-corrected chi connectivity index (χ2v) is 9.56. The standard InChI is InChI=1S/C17H23N5O2S/c23-25(24,14-5-6-14)20-13-2-1-8-21(11-13)17-16-10-15(12-3-4-12)19-22(16)9-7-18-17/h7,9-10,12-14,20H,1-6,8,11H2. The van der Waals surface area contributed by atoms with Crippen LogP contribution in [-0.4, -0.2) is 47.4 Å². The van der Waals surface area contributed by atoms with Gasteiger partial charge in [0.25, 0.3) is 0 Å². The first-order valence-electron chi connectivity index (χ1n) is 9.20. The molecular formula is C17H23N5O2S. The fraction of sp³-hybridized carbons (Fsp3) is 0.647. The molecule has 8 heteroatoms. The summed E-state index contributed by atoms with van der Waals surface area (Å²) in [6, 6.07) is 2.12. The Morgan fingerprint density at radius 3 is 2.76 bits per heavy atom. The van der Waals surface area contributed by atoms with Gasteiger partial charge in [0.2, 0.25) is 10.0 Å². The number of hydrogen-bond donors (Lipinski definition) is 1. The fourth-order valence-corrected chi connectivity index (χ4v) is 5.33. The molecule has 1 unspecified atom stereocenters. The zero-order chi connectivity index (χ0) is 17.0. The highest BCUT2D eigenvalue weighted by Crippen LogP contribution is 2.40. The van der Waals surface area contributed by atoms with Crippen molar-refractivity contribution in [3.63, 3.8) is 0 Å². The van der Waals surface area contributed by atoms with Crippen molar-refractivity contribution in [3.05, 3.63) is 24.2 Å². The average Bonchev–Trinajstić information content (AvgIpc) is 3.49. The maximum atomic E-state index is 12.2. The van der Waals surface area contributed by atoms with Crippen LogP contribution in [0.2, 0.25) is 0 Å². The quantitative estimate of drug-likeness (QED) is 0.876. The largest absolute Gasteiger partial charge is 0.353 e. The van der Waals surface area contributed by atoms with Crippen LogP contribution >= 0.6 is 0 Å². The van der Waals surface area contributed by atoms with Gasteiger partial charge in [-0.15, -0.1) is 0 Å². The molecule has 0 radical (unpaired) electrons. The van der Waals surface area contributed by atoms with Crippen molar-refractivity contribution < 1.29 is 8.42 Å². The van der Waals surface area contributed by atoms with Gasteiger partial charge >= 0.3 is 0 Å². The van der Waals surface area contributed by atoms with E-state index in [0.29, 0.717) is 12.5 Å². The monoisotopic (exact) mass is 361 g/mol. The van der Waals surface area contributed by atoms with E-state index in [1.165, 1.54) is 12.8 Å². The number of rotatable bonds is 5. The minimum atomic E-state index is -3.15. The normalized spacial score (nSPS) is 24.8. The van der Waals surface area contributed by atoms with Gasteiger partial charge in [0.15, 0.2) is 5.82 Å². The molecule has 5 rings (SSSR count). The predicted octanol–water partition coefficient (Wildman–Crippen LogP) is 1.66. The number of nitrogens with one attached hydrogen (secondary N) is 1. The Morgan fingerprint density at radius 2 is 2.00 bits per heavy atom. The minimum absolute atomic E-state index is 0.0350. The lowest BCUT2D eigenvalue weighted by Crippen LogP contribution is -2.48. The molecule has 25 heavy (non-hydrogen) atoms. The number of anilines is 1. The van der Waals surface area contributed by atoms with Crippen molar-refractivity contribution in [3.8, 4) is 0 Å². The van der Waals surface area contributed by atoms with E-state index in [-0.39, 0.29) is 11.3 Å². The molecule has 1 aliphatic heterocycles. The van der Waals surface area contributed by atoms with Gasteiger partial charge in [0, 0.05) is 37.4 Å². The number of piperidine rings is 1. The molecule has 0 aromatic carbocycles. The maximum absolute atomic E-state index is 12.2. The number of fused-ring (bicyclic) bond motifs is 1. The predicted molar refractivity (Wildman–Crippen MR) is 95.3 cm³/mol. The molecule has 134 valence electrons. The Bertz CT molecular complexity index is 901. The Kier molecular flexibility index (Phi) is 3.53. The van der Waals surface area contributed by atoms with E-state index in [2.05, 4.69) is 25.8 Å². The molecule has 3 heterocycles. The number of nitrogens with zero attached hydrogens (tertiary/aromatic N) is 4. The fourth-order valence-electron chi connectivity index (χ4n) is 3.72. The minimum Gasteiger partial charge on any atom is -0.353 e. The first-order chi connectivity index (χ1) is 12.1. The first kappa shape index (κ1) is 15.6. The molecule has 1 saturated heterocycles. The Hall–Kier alpha value is -1.67. The molecule has 7 nitrogen and oxygen atoms in total. The van der Waals surface area contributed by atoms with Crippen LogP contribution in [0.5, 0.6) is 0 Å². The molecule has 1 N–H and O–H groups in total. The van der Waals surface area contributed by atoms with E-state index in [1.54, 1.807) is 6.20 Å². The average molecular weight is 361 g/mol. The molecule has 2 aliphatic carbocycles. The summed E-state index contributed by atoms with van der Waals surface area (Å²) < 4.78 is 29.3. The zero-order valence-corrected chi connectivity index (χ0v) is 15.0. The third kappa shape index (κ3) is 3.01. The molecule has 2 aromatic rings. The van der Waals surface area contributed by atoms with Gasteiger partial charge in [-0.2, -0.15) is 5.10 Å². The van der Waals surface area contributed by atoms with Crippen LogP contribution in [0, 0.1) is 0 Å². The van der Waals surface area contributed by atoms with E-state index in [0.717, 1.165) is 49.3 Å². The molecular weight excluding hydrogens is 338 g/mol. The molecule has 2 aromatic heterocycles. The Morgan fingerprint density at radius 1 is 1.16 bits per heavy atom. The molecule has 0 spiro atoms. The van der Waals surface area contributed by atoms with Crippen LogP contribution < -0.4 is 9.62 Å². The smallest absolute Gasteiger partial charge is 0.214 e. The summed E-state index contributed by atoms with van der Waals surface area (Å²) in [6.07, 6.45) is 9.57.